The van der Waals surface area contributed by atoms with Crippen molar-refractivity contribution < 1.29 is 9.13 Å². The summed E-state index contributed by atoms with van der Waals surface area (Å²) in [5.74, 6) is 0.824. The first-order chi connectivity index (χ1) is 9.72. The Balaban J connectivity index is 1.96. The smallest absolute Gasteiger partial charge is 0.124 e. The summed E-state index contributed by atoms with van der Waals surface area (Å²) in [5, 5.41) is 1.13. The molecule has 100 valence electrons. The summed E-state index contributed by atoms with van der Waals surface area (Å²) in [5.41, 5.74) is 3.69. The second-order valence-electron chi connectivity index (χ2n) is 5.09. The zero-order chi connectivity index (χ0) is 13.7. The predicted octanol–water partition coefficient (Wildman–Crippen LogP) is 4.95. The molecule has 0 fully saturated rings. The van der Waals surface area contributed by atoms with Crippen molar-refractivity contribution in [1.82, 2.24) is 0 Å². The fraction of sp³-hybridized carbons (Fsp3) is 0.176. The summed E-state index contributed by atoms with van der Waals surface area (Å²) in [6.07, 6.45) is 0.971. The minimum absolute atomic E-state index is 0.173. The van der Waals surface area contributed by atoms with Crippen molar-refractivity contribution in [2.45, 2.75) is 13.3 Å². The highest BCUT2D eigenvalue weighted by Gasteiger charge is 2.16. The van der Waals surface area contributed by atoms with Gasteiger partial charge in [0.25, 0.3) is 0 Å². The minimum Gasteiger partial charge on any atom is -0.493 e. The highest BCUT2D eigenvalue weighted by molar-refractivity contribution is 7.19. The van der Waals surface area contributed by atoms with Crippen LogP contribution in [-0.4, -0.2) is 6.61 Å². The molecule has 4 rings (SSSR count). The number of rotatable bonds is 1. The topological polar surface area (TPSA) is 9.23 Å². The molecule has 1 aliphatic heterocycles. The standard InChI is InChI=1S/C17H13FOS/c1-10-17(14-4-3-13(18)9-16(14)20-10)12-2-5-15-11(8-12)6-7-19-15/h2-5,8-9H,6-7H2,1H3. The molecule has 0 amide bonds. The van der Waals surface area contributed by atoms with Gasteiger partial charge < -0.3 is 4.74 Å². The first kappa shape index (κ1) is 11.9. The normalized spacial score (nSPS) is 13.5. The summed E-state index contributed by atoms with van der Waals surface area (Å²) in [4.78, 5) is 1.23. The van der Waals surface area contributed by atoms with Crippen molar-refractivity contribution in [2.24, 2.45) is 0 Å². The Morgan fingerprint density at radius 3 is 2.95 bits per heavy atom. The average Bonchev–Trinajstić information content (AvgIpc) is 3.00. The van der Waals surface area contributed by atoms with Crippen LogP contribution in [0, 0.1) is 12.7 Å². The lowest BCUT2D eigenvalue weighted by molar-refractivity contribution is 0.357. The van der Waals surface area contributed by atoms with Crippen molar-refractivity contribution in [3.63, 3.8) is 0 Å². The van der Waals surface area contributed by atoms with E-state index in [4.69, 9.17) is 4.74 Å². The van der Waals surface area contributed by atoms with Crippen LogP contribution in [-0.2, 0) is 6.42 Å². The third-order valence-corrected chi connectivity index (χ3v) is 4.87. The maximum Gasteiger partial charge on any atom is 0.124 e. The molecule has 0 spiro atoms. The quantitative estimate of drug-likeness (QED) is 0.614. The van der Waals surface area contributed by atoms with Crippen LogP contribution in [0.4, 0.5) is 4.39 Å². The summed E-state index contributed by atoms with van der Waals surface area (Å²) < 4.78 is 19.9. The number of halogens is 1. The molecule has 0 atom stereocenters. The Morgan fingerprint density at radius 1 is 1.15 bits per heavy atom. The van der Waals surface area contributed by atoms with Crippen LogP contribution in [0.3, 0.4) is 0 Å². The van der Waals surface area contributed by atoms with Crippen LogP contribution in [0.5, 0.6) is 5.75 Å². The van der Waals surface area contributed by atoms with Gasteiger partial charge in [0.05, 0.1) is 6.61 Å². The highest BCUT2D eigenvalue weighted by Crippen LogP contribution is 2.40. The predicted molar refractivity (Wildman–Crippen MR) is 81.2 cm³/mol. The zero-order valence-electron chi connectivity index (χ0n) is 11.1. The van der Waals surface area contributed by atoms with Crippen molar-refractivity contribution in [2.75, 3.05) is 6.61 Å². The first-order valence-electron chi connectivity index (χ1n) is 6.67. The fourth-order valence-corrected chi connectivity index (χ4v) is 4.00. The number of thiophene rings is 1. The van der Waals surface area contributed by atoms with E-state index in [1.807, 2.05) is 12.1 Å². The van der Waals surface area contributed by atoms with E-state index in [1.165, 1.54) is 27.6 Å². The number of hydrogen-bond donors (Lipinski definition) is 0. The van der Waals surface area contributed by atoms with Gasteiger partial charge in [0.1, 0.15) is 11.6 Å². The van der Waals surface area contributed by atoms with E-state index >= 15 is 0 Å². The van der Waals surface area contributed by atoms with E-state index in [1.54, 1.807) is 17.4 Å². The maximum atomic E-state index is 13.4. The van der Waals surface area contributed by atoms with Gasteiger partial charge in [0, 0.05) is 26.9 Å². The third kappa shape index (κ3) is 1.74. The molecule has 3 aromatic rings. The Morgan fingerprint density at radius 2 is 2.05 bits per heavy atom. The number of aryl methyl sites for hydroxylation is 1. The van der Waals surface area contributed by atoms with Crippen LogP contribution >= 0.6 is 11.3 Å². The number of fused-ring (bicyclic) bond motifs is 2. The van der Waals surface area contributed by atoms with Crippen LogP contribution in [0.2, 0.25) is 0 Å². The molecule has 20 heavy (non-hydrogen) atoms. The van der Waals surface area contributed by atoms with Crippen molar-refractivity contribution in [3.8, 4) is 16.9 Å². The van der Waals surface area contributed by atoms with E-state index in [0.717, 1.165) is 28.9 Å². The molecule has 0 aliphatic carbocycles. The van der Waals surface area contributed by atoms with Gasteiger partial charge in [-0.3, -0.25) is 0 Å². The lowest BCUT2D eigenvalue weighted by Crippen LogP contribution is -1.85. The zero-order valence-corrected chi connectivity index (χ0v) is 11.9. The average molecular weight is 284 g/mol. The van der Waals surface area contributed by atoms with Crippen LogP contribution in [0.15, 0.2) is 36.4 Å². The van der Waals surface area contributed by atoms with Gasteiger partial charge in [-0.05, 0) is 48.4 Å². The summed E-state index contributed by atoms with van der Waals surface area (Å²) in [6, 6.07) is 11.4. The summed E-state index contributed by atoms with van der Waals surface area (Å²) in [7, 11) is 0. The summed E-state index contributed by atoms with van der Waals surface area (Å²) >= 11 is 1.65. The fourth-order valence-electron chi connectivity index (χ4n) is 2.89. The number of benzene rings is 2. The Hall–Kier alpha value is -1.87. The van der Waals surface area contributed by atoms with Gasteiger partial charge in [-0.25, -0.2) is 4.39 Å². The molecule has 1 aliphatic rings. The summed E-state index contributed by atoms with van der Waals surface area (Å²) in [6.45, 7) is 2.87. The minimum atomic E-state index is -0.173. The lowest BCUT2D eigenvalue weighted by Gasteiger charge is -2.05. The Kier molecular flexibility index (Phi) is 2.57. The largest absolute Gasteiger partial charge is 0.493 e. The lowest BCUT2D eigenvalue weighted by atomic mass is 9.99. The van der Waals surface area contributed by atoms with Gasteiger partial charge in [0.2, 0.25) is 0 Å². The molecule has 1 nitrogen and oxygen atoms in total. The van der Waals surface area contributed by atoms with E-state index in [0.29, 0.717) is 0 Å². The highest BCUT2D eigenvalue weighted by atomic mass is 32.1. The second-order valence-corrected chi connectivity index (χ2v) is 6.35. The Bertz CT molecular complexity index is 819. The van der Waals surface area contributed by atoms with E-state index in [-0.39, 0.29) is 5.82 Å². The maximum absolute atomic E-state index is 13.4. The molecule has 3 heteroatoms. The van der Waals surface area contributed by atoms with Gasteiger partial charge >= 0.3 is 0 Å². The van der Waals surface area contributed by atoms with Gasteiger partial charge in [-0.2, -0.15) is 0 Å². The SMILES string of the molecule is Cc1sc2cc(F)ccc2c1-c1ccc2c(c1)CCO2. The molecular weight excluding hydrogens is 271 g/mol. The molecule has 0 saturated heterocycles. The van der Waals surface area contributed by atoms with Gasteiger partial charge in [-0.1, -0.05) is 6.07 Å². The van der Waals surface area contributed by atoms with E-state index in [2.05, 4.69) is 19.1 Å². The van der Waals surface area contributed by atoms with Crippen molar-refractivity contribution in [3.05, 3.63) is 52.7 Å². The molecule has 2 heterocycles. The third-order valence-electron chi connectivity index (χ3n) is 3.81. The molecule has 0 saturated carbocycles. The number of hydrogen-bond acceptors (Lipinski definition) is 2. The molecule has 0 radical (unpaired) electrons. The van der Waals surface area contributed by atoms with E-state index < -0.39 is 0 Å². The van der Waals surface area contributed by atoms with Crippen molar-refractivity contribution >= 4 is 21.4 Å². The van der Waals surface area contributed by atoms with Gasteiger partial charge in [0.15, 0.2) is 0 Å². The molecule has 0 bridgehead atoms. The molecule has 1 aromatic heterocycles. The van der Waals surface area contributed by atoms with E-state index in [9.17, 15) is 4.39 Å². The van der Waals surface area contributed by atoms with Gasteiger partial charge in [-0.15, -0.1) is 11.3 Å². The Labute approximate surface area is 120 Å². The molecular formula is C17H13FOS. The van der Waals surface area contributed by atoms with Crippen LogP contribution in [0.25, 0.3) is 21.2 Å². The van der Waals surface area contributed by atoms with Crippen molar-refractivity contribution in [1.29, 1.82) is 0 Å². The molecule has 0 N–H and O–H groups in total. The number of ether oxygens (including phenoxy) is 1. The van der Waals surface area contributed by atoms with Crippen LogP contribution < -0.4 is 4.74 Å². The first-order valence-corrected chi connectivity index (χ1v) is 7.49. The monoisotopic (exact) mass is 284 g/mol. The second kappa shape index (κ2) is 4.32. The molecule has 2 aromatic carbocycles. The van der Waals surface area contributed by atoms with Crippen LogP contribution in [0.1, 0.15) is 10.4 Å². The molecule has 0 unspecified atom stereocenters.